The normalized spacial score (nSPS) is 17.4. The highest BCUT2D eigenvalue weighted by atomic mass is 32.1. The molecule has 0 spiro atoms. The van der Waals surface area contributed by atoms with Gasteiger partial charge < -0.3 is 20.3 Å². The first-order chi connectivity index (χ1) is 13.0. The minimum atomic E-state index is -0.307. The standard InChI is InChI=1S/C20H27N3O3S/c1-4-26-19(24)18-10-15-9-16(5-6-17(15)27-18)22-20(25)21-11-14-7-8-23(12-14)13(2)3/h5-6,9-10,13-14H,4,7-8,11-12H2,1-3H3,(H2,21,22,25). The van der Waals surface area contributed by atoms with Crippen molar-refractivity contribution in [3.05, 3.63) is 29.1 Å². The van der Waals surface area contributed by atoms with E-state index in [0.717, 1.165) is 29.6 Å². The number of nitrogens with one attached hydrogen (secondary N) is 2. The highest BCUT2D eigenvalue weighted by Crippen LogP contribution is 2.28. The van der Waals surface area contributed by atoms with E-state index in [1.165, 1.54) is 11.3 Å². The Bertz CT molecular complexity index is 818. The second kappa shape index (κ2) is 8.71. The molecule has 1 saturated heterocycles. The molecule has 0 saturated carbocycles. The van der Waals surface area contributed by atoms with Crippen LogP contribution in [0, 0.1) is 5.92 Å². The Kier molecular flexibility index (Phi) is 6.34. The molecule has 1 aromatic heterocycles. The van der Waals surface area contributed by atoms with Crippen molar-refractivity contribution in [2.45, 2.75) is 33.2 Å². The number of hydrogen-bond donors (Lipinski definition) is 2. The van der Waals surface area contributed by atoms with E-state index in [1.54, 1.807) is 13.0 Å². The second-order valence-corrected chi connectivity index (χ2v) is 8.25. The number of amides is 2. The zero-order valence-corrected chi connectivity index (χ0v) is 16.9. The Morgan fingerprint density at radius 3 is 2.85 bits per heavy atom. The van der Waals surface area contributed by atoms with Gasteiger partial charge in [0.05, 0.1) is 6.61 Å². The number of ether oxygens (including phenoxy) is 1. The van der Waals surface area contributed by atoms with Crippen LogP contribution < -0.4 is 10.6 Å². The van der Waals surface area contributed by atoms with E-state index in [0.29, 0.717) is 35.7 Å². The molecule has 27 heavy (non-hydrogen) atoms. The van der Waals surface area contributed by atoms with Crippen molar-refractivity contribution in [2.24, 2.45) is 5.92 Å². The molecule has 6 nitrogen and oxygen atoms in total. The van der Waals surface area contributed by atoms with Gasteiger partial charge in [0.2, 0.25) is 0 Å². The molecule has 1 aromatic carbocycles. The molecule has 2 amide bonds. The van der Waals surface area contributed by atoms with Crippen LogP contribution in [0.3, 0.4) is 0 Å². The molecule has 1 atom stereocenters. The third kappa shape index (κ3) is 4.99. The first-order valence-electron chi connectivity index (χ1n) is 9.46. The summed E-state index contributed by atoms with van der Waals surface area (Å²) in [5.41, 5.74) is 0.712. The van der Waals surface area contributed by atoms with Crippen LogP contribution in [-0.2, 0) is 4.74 Å². The molecule has 1 fully saturated rings. The number of benzene rings is 1. The fourth-order valence-electron chi connectivity index (χ4n) is 3.33. The zero-order chi connectivity index (χ0) is 19.4. The second-order valence-electron chi connectivity index (χ2n) is 7.16. The monoisotopic (exact) mass is 389 g/mol. The van der Waals surface area contributed by atoms with Crippen molar-refractivity contribution in [3.63, 3.8) is 0 Å². The van der Waals surface area contributed by atoms with Gasteiger partial charge in [-0.05, 0) is 69.3 Å². The van der Waals surface area contributed by atoms with Crippen LogP contribution in [0.25, 0.3) is 10.1 Å². The van der Waals surface area contributed by atoms with Crippen LogP contribution in [0.1, 0.15) is 36.9 Å². The number of anilines is 1. The van der Waals surface area contributed by atoms with Gasteiger partial charge in [-0.1, -0.05) is 0 Å². The first kappa shape index (κ1) is 19.6. The van der Waals surface area contributed by atoms with Crippen molar-refractivity contribution < 1.29 is 14.3 Å². The molecule has 1 aliphatic heterocycles. The highest BCUT2D eigenvalue weighted by molar-refractivity contribution is 7.20. The Labute approximate surface area is 163 Å². The average molecular weight is 390 g/mol. The third-order valence-corrected chi connectivity index (χ3v) is 5.95. The Balaban J connectivity index is 1.54. The van der Waals surface area contributed by atoms with Crippen LogP contribution >= 0.6 is 11.3 Å². The van der Waals surface area contributed by atoms with E-state index in [9.17, 15) is 9.59 Å². The number of nitrogens with zero attached hydrogens (tertiary/aromatic N) is 1. The van der Waals surface area contributed by atoms with Gasteiger partial charge in [-0.15, -0.1) is 11.3 Å². The molecular weight excluding hydrogens is 362 g/mol. The summed E-state index contributed by atoms with van der Waals surface area (Å²) in [6.07, 6.45) is 1.12. The summed E-state index contributed by atoms with van der Waals surface area (Å²) in [6, 6.07) is 7.81. The molecule has 1 unspecified atom stereocenters. The highest BCUT2D eigenvalue weighted by Gasteiger charge is 2.24. The predicted molar refractivity (Wildman–Crippen MR) is 110 cm³/mol. The van der Waals surface area contributed by atoms with E-state index >= 15 is 0 Å². The number of carbonyl (C=O) groups is 2. The van der Waals surface area contributed by atoms with Gasteiger partial charge in [-0.25, -0.2) is 9.59 Å². The quantitative estimate of drug-likeness (QED) is 0.735. The number of fused-ring (bicyclic) bond motifs is 1. The van der Waals surface area contributed by atoms with E-state index in [-0.39, 0.29) is 12.0 Å². The Morgan fingerprint density at radius 1 is 1.33 bits per heavy atom. The van der Waals surface area contributed by atoms with Gasteiger partial charge in [0.1, 0.15) is 4.88 Å². The maximum Gasteiger partial charge on any atom is 0.348 e. The van der Waals surface area contributed by atoms with E-state index in [1.807, 2.05) is 18.2 Å². The van der Waals surface area contributed by atoms with Crippen molar-refractivity contribution >= 4 is 39.1 Å². The molecule has 7 heteroatoms. The maximum atomic E-state index is 12.2. The molecule has 1 aliphatic rings. The van der Waals surface area contributed by atoms with Gasteiger partial charge in [-0.3, -0.25) is 0 Å². The van der Waals surface area contributed by atoms with Crippen molar-refractivity contribution in [1.29, 1.82) is 0 Å². The smallest absolute Gasteiger partial charge is 0.348 e. The molecule has 0 bridgehead atoms. The Morgan fingerprint density at radius 2 is 2.15 bits per heavy atom. The minimum absolute atomic E-state index is 0.196. The predicted octanol–water partition coefficient (Wildman–Crippen LogP) is 3.93. The number of likely N-dealkylation sites (tertiary alicyclic amines) is 1. The summed E-state index contributed by atoms with van der Waals surface area (Å²) in [7, 11) is 0. The van der Waals surface area contributed by atoms with Crippen molar-refractivity contribution in [3.8, 4) is 0 Å². The molecule has 0 aliphatic carbocycles. The molecule has 2 heterocycles. The average Bonchev–Trinajstić information content (AvgIpc) is 3.27. The summed E-state index contributed by atoms with van der Waals surface area (Å²) in [4.78, 5) is 27.1. The van der Waals surface area contributed by atoms with Crippen LogP contribution in [-0.4, -0.2) is 49.2 Å². The SMILES string of the molecule is CCOC(=O)c1cc2cc(NC(=O)NCC3CCN(C(C)C)C3)ccc2s1. The number of hydrogen-bond acceptors (Lipinski definition) is 5. The third-order valence-electron chi connectivity index (χ3n) is 4.85. The van der Waals surface area contributed by atoms with Crippen LogP contribution in [0.2, 0.25) is 0 Å². The zero-order valence-electron chi connectivity index (χ0n) is 16.1. The summed E-state index contributed by atoms with van der Waals surface area (Å²) < 4.78 is 6.03. The lowest BCUT2D eigenvalue weighted by molar-refractivity contribution is 0.0532. The fourth-order valence-corrected chi connectivity index (χ4v) is 4.27. The van der Waals surface area contributed by atoms with E-state index < -0.39 is 0 Å². The summed E-state index contributed by atoms with van der Waals surface area (Å²) in [6.45, 7) is 9.38. The van der Waals surface area contributed by atoms with E-state index in [2.05, 4.69) is 29.4 Å². The van der Waals surface area contributed by atoms with Crippen LogP contribution in [0.5, 0.6) is 0 Å². The summed E-state index contributed by atoms with van der Waals surface area (Å²) >= 11 is 1.39. The molecule has 0 radical (unpaired) electrons. The number of carbonyl (C=O) groups excluding carboxylic acids is 2. The van der Waals surface area contributed by atoms with Gasteiger partial charge in [-0.2, -0.15) is 0 Å². The lowest BCUT2D eigenvalue weighted by atomic mass is 10.1. The minimum Gasteiger partial charge on any atom is -0.462 e. The Hall–Kier alpha value is -2.12. The molecule has 2 aromatic rings. The molecule has 146 valence electrons. The molecule has 2 N–H and O–H groups in total. The number of esters is 1. The van der Waals surface area contributed by atoms with Crippen LogP contribution in [0.15, 0.2) is 24.3 Å². The lowest BCUT2D eigenvalue weighted by Gasteiger charge is -2.20. The number of thiophene rings is 1. The summed E-state index contributed by atoms with van der Waals surface area (Å²) in [5, 5.41) is 6.77. The van der Waals surface area contributed by atoms with E-state index in [4.69, 9.17) is 4.74 Å². The fraction of sp³-hybridized carbons (Fsp3) is 0.500. The lowest BCUT2D eigenvalue weighted by Crippen LogP contribution is -2.35. The number of rotatable bonds is 6. The summed E-state index contributed by atoms with van der Waals surface area (Å²) in [5.74, 6) is 0.197. The first-order valence-corrected chi connectivity index (χ1v) is 10.3. The van der Waals surface area contributed by atoms with Gasteiger partial charge in [0, 0.05) is 29.5 Å². The maximum absolute atomic E-state index is 12.2. The van der Waals surface area contributed by atoms with Crippen molar-refractivity contribution in [1.82, 2.24) is 10.2 Å². The van der Waals surface area contributed by atoms with Crippen molar-refractivity contribution in [2.75, 3.05) is 31.6 Å². The molecular formula is C20H27N3O3S. The van der Waals surface area contributed by atoms with Gasteiger partial charge in [0.15, 0.2) is 0 Å². The van der Waals surface area contributed by atoms with Crippen LogP contribution in [0.4, 0.5) is 10.5 Å². The topological polar surface area (TPSA) is 70.7 Å². The van der Waals surface area contributed by atoms with Gasteiger partial charge >= 0.3 is 12.0 Å². The van der Waals surface area contributed by atoms with Gasteiger partial charge in [0.25, 0.3) is 0 Å². The largest absolute Gasteiger partial charge is 0.462 e. The number of urea groups is 1. The molecule has 3 rings (SSSR count).